The van der Waals surface area contributed by atoms with E-state index in [1.165, 1.54) is 31.3 Å². The van der Waals surface area contributed by atoms with Crippen LogP contribution in [0.2, 0.25) is 5.02 Å². The summed E-state index contributed by atoms with van der Waals surface area (Å²) in [4.78, 5) is 9.78. The molecule has 0 heterocycles. The average Bonchev–Trinajstić information content (AvgIpc) is 2.56. The third kappa shape index (κ3) is 4.44. The van der Waals surface area contributed by atoms with Crippen LogP contribution in [0.15, 0.2) is 47.4 Å². The Kier molecular flexibility index (Phi) is 5.93. The lowest BCUT2D eigenvalue weighted by atomic mass is 10.3. The molecule has 0 bridgehead atoms. The van der Waals surface area contributed by atoms with Gasteiger partial charge in [0.2, 0.25) is 10.0 Å². The zero-order chi connectivity index (χ0) is 18.6. The Morgan fingerprint density at radius 2 is 1.96 bits per heavy atom. The first-order chi connectivity index (χ1) is 11.7. The molecular weight excluding hydrogens is 375 g/mol. The van der Waals surface area contributed by atoms with E-state index in [4.69, 9.17) is 16.3 Å². The van der Waals surface area contributed by atoms with Gasteiger partial charge in [-0.1, -0.05) is 23.7 Å². The van der Waals surface area contributed by atoms with Crippen molar-refractivity contribution in [1.82, 2.24) is 4.31 Å². The van der Waals surface area contributed by atoms with Crippen molar-refractivity contribution in [2.24, 2.45) is 0 Å². The Labute approximate surface area is 148 Å². The van der Waals surface area contributed by atoms with E-state index in [0.717, 1.165) is 16.4 Å². The molecule has 10 heteroatoms. The molecule has 0 fully saturated rings. The highest BCUT2D eigenvalue weighted by atomic mass is 35.5. The van der Waals surface area contributed by atoms with E-state index in [2.05, 4.69) is 0 Å². The number of hydrogen-bond donors (Lipinski definition) is 0. The summed E-state index contributed by atoms with van der Waals surface area (Å²) in [6.07, 6.45) is 0. The van der Waals surface area contributed by atoms with Gasteiger partial charge in [-0.3, -0.25) is 10.1 Å². The highest BCUT2D eigenvalue weighted by Gasteiger charge is 2.29. The monoisotopic (exact) mass is 388 g/mol. The summed E-state index contributed by atoms with van der Waals surface area (Å²) < 4.78 is 44.6. The van der Waals surface area contributed by atoms with Gasteiger partial charge in [-0.25, -0.2) is 12.8 Å². The van der Waals surface area contributed by atoms with Gasteiger partial charge < -0.3 is 4.74 Å². The number of nitrogens with zero attached hydrogens (tertiary/aromatic N) is 2. The number of rotatable bonds is 7. The van der Waals surface area contributed by atoms with Crippen molar-refractivity contribution >= 4 is 27.3 Å². The molecule has 134 valence electrons. The summed E-state index contributed by atoms with van der Waals surface area (Å²) in [5.74, 6) is -0.577. The van der Waals surface area contributed by atoms with E-state index in [1.807, 2.05) is 0 Å². The molecule has 2 aromatic rings. The molecule has 2 aromatic carbocycles. The highest BCUT2D eigenvalue weighted by Crippen LogP contribution is 2.29. The molecule has 0 aliphatic carbocycles. The fourth-order valence-electron chi connectivity index (χ4n) is 1.99. The smallest absolute Gasteiger partial charge is 0.290 e. The largest absolute Gasteiger partial charge is 0.489 e. The lowest BCUT2D eigenvalue weighted by Gasteiger charge is -2.17. The third-order valence-corrected chi connectivity index (χ3v) is 5.45. The van der Waals surface area contributed by atoms with E-state index in [0.29, 0.717) is 0 Å². The van der Waals surface area contributed by atoms with Gasteiger partial charge in [-0.05, 0) is 24.3 Å². The SMILES string of the molecule is CN(CCOc1ccccc1F)S(=O)(=O)c1ccc(Cl)cc1[N+](=O)[O-]. The van der Waals surface area contributed by atoms with Crippen molar-refractivity contribution in [2.45, 2.75) is 4.90 Å². The molecule has 0 amide bonds. The quantitative estimate of drug-likeness (QED) is 0.537. The van der Waals surface area contributed by atoms with Gasteiger partial charge in [0, 0.05) is 24.7 Å². The summed E-state index contributed by atoms with van der Waals surface area (Å²) in [7, 11) is -2.89. The third-order valence-electron chi connectivity index (χ3n) is 3.31. The van der Waals surface area contributed by atoms with E-state index >= 15 is 0 Å². The molecule has 0 aliphatic heterocycles. The van der Waals surface area contributed by atoms with Gasteiger partial charge in [0.15, 0.2) is 16.5 Å². The maximum Gasteiger partial charge on any atom is 0.290 e. The van der Waals surface area contributed by atoms with Crippen LogP contribution in [0.4, 0.5) is 10.1 Å². The maximum atomic E-state index is 13.4. The zero-order valence-corrected chi connectivity index (χ0v) is 14.6. The highest BCUT2D eigenvalue weighted by molar-refractivity contribution is 7.89. The number of halogens is 2. The molecule has 0 N–H and O–H groups in total. The normalized spacial score (nSPS) is 11.5. The topological polar surface area (TPSA) is 89.8 Å². The molecule has 0 spiro atoms. The van der Waals surface area contributed by atoms with Crippen LogP contribution in [0.1, 0.15) is 0 Å². The zero-order valence-electron chi connectivity index (χ0n) is 13.1. The van der Waals surface area contributed by atoms with Crippen molar-refractivity contribution < 1.29 is 22.5 Å². The van der Waals surface area contributed by atoms with Crippen LogP contribution in [0.3, 0.4) is 0 Å². The molecule has 0 aromatic heterocycles. The number of nitro groups is 1. The molecule has 7 nitrogen and oxygen atoms in total. The maximum absolute atomic E-state index is 13.4. The van der Waals surface area contributed by atoms with Gasteiger partial charge in [0.05, 0.1) is 4.92 Å². The number of ether oxygens (including phenoxy) is 1. The van der Waals surface area contributed by atoms with Crippen molar-refractivity contribution in [1.29, 1.82) is 0 Å². The van der Waals surface area contributed by atoms with E-state index in [-0.39, 0.29) is 23.9 Å². The van der Waals surface area contributed by atoms with Gasteiger partial charge in [0.25, 0.3) is 5.69 Å². The molecule has 0 radical (unpaired) electrons. The lowest BCUT2D eigenvalue weighted by Crippen LogP contribution is -2.31. The molecule has 0 saturated heterocycles. The predicted molar refractivity (Wildman–Crippen MR) is 89.8 cm³/mol. The Morgan fingerprint density at radius 1 is 1.28 bits per heavy atom. The summed E-state index contributed by atoms with van der Waals surface area (Å²) in [6.45, 7) is -0.255. The first-order valence-electron chi connectivity index (χ1n) is 7.01. The molecule has 0 saturated carbocycles. The van der Waals surface area contributed by atoms with Crippen LogP contribution in [0.25, 0.3) is 0 Å². The van der Waals surface area contributed by atoms with E-state index < -0.39 is 31.3 Å². The van der Waals surface area contributed by atoms with Crippen LogP contribution in [0, 0.1) is 15.9 Å². The first kappa shape index (κ1) is 19.1. The van der Waals surface area contributed by atoms with Crippen LogP contribution in [-0.4, -0.2) is 37.8 Å². The van der Waals surface area contributed by atoms with Crippen molar-refractivity contribution in [2.75, 3.05) is 20.2 Å². The molecular formula is C15H14ClFN2O5S. The van der Waals surface area contributed by atoms with Crippen molar-refractivity contribution in [3.8, 4) is 5.75 Å². The second-order valence-electron chi connectivity index (χ2n) is 4.97. The lowest BCUT2D eigenvalue weighted by molar-refractivity contribution is -0.387. The standard InChI is InChI=1S/C15H14ClFN2O5S/c1-18(8-9-24-14-5-3-2-4-12(14)17)25(22,23)15-7-6-11(16)10-13(15)19(20)21/h2-7,10H,8-9H2,1H3. The van der Waals surface area contributed by atoms with Crippen molar-refractivity contribution in [3.63, 3.8) is 0 Å². The van der Waals surface area contributed by atoms with Gasteiger partial charge in [0.1, 0.15) is 6.61 Å². The second kappa shape index (κ2) is 7.77. The molecule has 25 heavy (non-hydrogen) atoms. The van der Waals surface area contributed by atoms with Gasteiger partial charge >= 0.3 is 0 Å². The molecule has 0 unspecified atom stereocenters. The fourth-order valence-corrected chi connectivity index (χ4v) is 3.44. The fraction of sp³-hybridized carbons (Fsp3) is 0.200. The number of sulfonamides is 1. The van der Waals surface area contributed by atoms with Gasteiger partial charge in [-0.15, -0.1) is 0 Å². The molecule has 0 atom stereocenters. The summed E-state index contributed by atoms with van der Waals surface area (Å²) >= 11 is 5.69. The summed E-state index contributed by atoms with van der Waals surface area (Å²) in [5.41, 5.74) is -0.616. The number of hydrogen-bond acceptors (Lipinski definition) is 5. The van der Waals surface area contributed by atoms with Crippen LogP contribution < -0.4 is 4.74 Å². The number of para-hydroxylation sites is 1. The predicted octanol–water partition coefficient (Wildman–Crippen LogP) is 3.09. The minimum Gasteiger partial charge on any atom is -0.489 e. The molecule has 2 rings (SSSR count). The number of nitro benzene ring substituents is 1. The Hall–Kier alpha value is -2.23. The van der Waals surface area contributed by atoms with Crippen LogP contribution >= 0.6 is 11.6 Å². The Balaban J connectivity index is 2.14. The van der Waals surface area contributed by atoms with Crippen molar-refractivity contribution in [3.05, 3.63) is 63.4 Å². The van der Waals surface area contributed by atoms with Crippen LogP contribution in [0.5, 0.6) is 5.75 Å². The van der Waals surface area contributed by atoms with Crippen LogP contribution in [-0.2, 0) is 10.0 Å². The molecule has 0 aliphatic rings. The minimum absolute atomic E-state index is 0.00854. The summed E-state index contributed by atoms with van der Waals surface area (Å²) in [6, 6.07) is 9.00. The van der Waals surface area contributed by atoms with E-state index in [1.54, 1.807) is 6.07 Å². The first-order valence-corrected chi connectivity index (χ1v) is 8.83. The Morgan fingerprint density at radius 3 is 2.60 bits per heavy atom. The Bertz CT molecular complexity index is 891. The van der Waals surface area contributed by atoms with Gasteiger partial charge in [-0.2, -0.15) is 4.31 Å². The van der Waals surface area contributed by atoms with E-state index in [9.17, 15) is 22.9 Å². The average molecular weight is 389 g/mol. The number of likely N-dealkylation sites (N-methyl/N-ethyl adjacent to an activating group) is 1. The second-order valence-corrected chi connectivity index (χ2v) is 7.42. The summed E-state index contributed by atoms with van der Waals surface area (Å²) in [5, 5.41) is 11.1. The minimum atomic E-state index is -4.14. The number of benzene rings is 2.